The molecule has 4 rings (SSSR count). The fourth-order valence-corrected chi connectivity index (χ4v) is 3.63. The van der Waals surface area contributed by atoms with E-state index in [0.717, 1.165) is 11.3 Å². The molecule has 0 aliphatic rings. The van der Waals surface area contributed by atoms with Crippen molar-refractivity contribution in [2.75, 3.05) is 0 Å². The van der Waals surface area contributed by atoms with Crippen LogP contribution in [0.4, 0.5) is 0 Å². The molecular weight excluding hydrogens is 406 g/mol. The van der Waals surface area contributed by atoms with Crippen molar-refractivity contribution in [2.24, 2.45) is 0 Å². The highest BCUT2D eigenvalue weighted by molar-refractivity contribution is 5.94. The lowest BCUT2D eigenvalue weighted by atomic mass is 10.1. The van der Waals surface area contributed by atoms with Gasteiger partial charge in [0.2, 0.25) is 0 Å². The van der Waals surface area contributed by atoms with E-state index in [-0.39, 0.29) is 19.0 Å². The zero-order valence-electron chi connectivity index (χ0n) is 17.7. The second kappa shape index (κ2) is 8.93. The highest BCUT2D eigenvalue weighted by Gasteiger charge is 2.13. The smallest absolute Gasteiger partial charge is 0.317 e. The lowest BCUT2D eigenvalue weighted by Crippen LogP contribution is -2.41. The van der Waals surface area contributed by atoms with Gasteiger partial charge in [-0.2, -0.15) is 0 Å². The summed E-state index contributed by atoms with van der Waals surface area (Å²) in [5.41, 5.74) is 1.44. The standard InChI is InChI=1S/C25H23N3O4/c1-3-14-27-21-6-4-5-7-22(21)28(25(31)24(27)30)16-18-9-11-19(12-10-18)23(29)26-15-20-13-8-17(2)32-20/h3-13H,1,14-16H2,2H3,(H,26,29). The third-order valence-corrected chi connectivity index (χ3v) is 5.22. The van der Waals surface area contributed by atoms with E-state index >= 15 is 0 Å². The van der Waals surface area contributed by atoms with Crippen LogP contribution in [0.5, 0.6) is 0 Å². The molecule has 0 unspecified atom stereocenters. The van der Waals surface area contributed by atoms with E-state index in [9.17, 15) is 14.4 Å². The van der Waals surface area contributed by atoms with Gasteiger partial charge in [0.15, 0.2) is 0 Å². The minimum Gasteiger partial charge on any atom is -0.465 e. The Labute approximate surface area is 184 Å². The quantitative estimate of drug-likeness (QED) is 0.361. The number of amides is 1. The Kier molecular flexibility index (Phi) is 5.89. The van der Waals surface area contributed by atoms with Gasteiger partial charge in [0.1, 0.15) is 11.5 Å². The minimum absolute atomic E-state index is 0.219. The van der Waals surface area contributed by atoms with Crippen molar-refractivity contribution >= 4 is 16.9 Å². The highest BCUT2D eigenvalue weighted by atomic mass is 16.3. The van der Waals surface area contributed by atoms with E-state index < -0.39 is 11.1 Å². The Hall–Kier alpha value is -4.13. The molecule has 0 saturated heterocycles. The van der Waals surface area contributed by atoms with E-state index in [1.165, 1.54) is 9.13 Å². The van der Waals surface area contributed by atoms with Gasteiger partial charge < -0.3 is 9.73 Å². The first-order chi connectivity index (χ1) is 15.5. The van der Waals surface area contributed by atoms with Crippen LogP contribution < -0.4 is 16.4 Å². The van der Waals surface area contributed by atoms with Gasteiger partial charge in [-0.15, -0.1) is 6.58 Å². The van der Waals surface area contributed by atoms with Crippen molar-refractivity contribution in [1.82, 2.24) is 14.5 Å². The molecule has 2 aromatic heterocycles. The summed E-state index contributed by atoms with van der Waals surface area (Å²) in [5.74, 6) is 1.25. The van der Waals surface area contributed by atoms with Crippen molar-refractivity contribution in [3.63, 3.8) is 0 Å². The largest absolute Gasteiger partial charge is 0.465 e. The number of hydrogen-bond acceptors (Lipinski definition) is 4. The van der Waals surface area contributed by atoms with Crippen LogP contribution in [0.15, 0.2) is 87.3 Å². The Morgan fingerprint density at radius 2 is 1.62 bits per heavy atom. The van der Waals surface area contributed by atoms with Crippen LogP contribution in [0.1, 0.15) is 27.4 Å². The van der Waals surface area contributed by atoms with Crippen LogP contribution >= 0.6 is 0 Å². The number of nitrogens with one attached hydrogen (secondary N) is 1. The molecular formula is C25H23N3O4. The van der Waals surface area contributed by atoms with E-state index in [0.29, 0.717) is 28.9 Å². The second-order valence-electron chi connectivity index (χ2n) is 7.48. The molecule has 32 heavy (non-hydrogen) atoms. The Bertz CT molecular complexity index is 1410. The summed E-state index contributed by atoms with van der Waals surface area (Å²) in [4.78, 5) is 37.8. The average Bonchev–Trinajstić information content (AvgIpc) is 3.23. The molecule has 4 aromatic rings. The van der Waals surface area contributed by atoms with Gasteiger partial charge in [0.05, 0.1) is 24.1 Å². The molecule has 7 nitrogen and oxygen atoms in total. The van der Waals surface area contributed by atoms with Crippen LogP contribution in [-0.4, -0.2) is 15.0 Å². The minimum atomic E-state index is -0.596. The normalized spacial score (nSPS) is 10.9. The van der Waals surface area contributed by atoms with Crippen molar-refractivity contribution in [2.45, 2.75) is 26.6 Å². The Morgan fingerprint density at radius 1 is 0.969 bits per heavy atom. The van der Waals surface area contributed by atoms with Gasteiger partial charge in [-0.3, -0.25) is 23.5 Å². The number of para-hydroxylation sites is 2. The van der Waals surface area contributed by atoms with E-state index in [2.05, 4.69) is 11.9 Å². The number of hydrogen-bond donors (Lipinski definition) is 1. The predicted molar refractivity (Wildman–Crippen MR) is 123 cm³/mol. The van der Waals surface area contributed by atoms with Gasteiger partial charge >= 0.3 is 11.1 Å². The third-order valence-electron chi connectivity index (χ3n) is 5.22. The third kappa shape index (κ3) is 4.18. The number of rotatable bonds is 7. The molecule has 0 fully saturated rings. The first-order valence-corrected chi connectivity index (χ1v) is 10.2. The fraction of sp³-hybridized carbons (Fsp3) is 0.160. The van der Waals surface area contributed by atoms with Gasteiger partial charge in [-0.05, 0) is 48.9 Å². The molecule has 0 atom stereocenters. The number of fused-ring (bicyclic) bond motifs is 1. The summed E-state index contributed by atoms with van der Waals surface area (Å²) in [5, 5.41) is 2.82. The molecule has 0 bridgehead atoms. The van der Waals surface area contributed by atoms with Crippen LogP contribution in [0, 0.1) is 6.92 Å². The molecule has 7 heteroatoms. The zero-order valence-corrected chi connectivity index (χ0v) is 17.7. The van der Waals surface area contributed by atoms with E-state index in [1.807, 2.05) is 43.3 Å². The lowest BCUT2D eigenvalue weighted by Gasteiger charge is -2.14. The first-order valence-electron chi connectivity index (χ1n) is 10.2. The molecule has 1 amide bonds. The molecule has 0 aliphatic carbocycles. The summed E-state index contributed by atoms with van der Waals surface area (Å²) in [7, 11) is 0. The van der Waals surface area contributed by atoms with Crippen molar-refractivity contribution in [1.29, 1.82) is 0 Å². The number of aryl methyl sites for hydroxylation is 1. The maximum absolute atomic E-state index is 12.8. The number of carbonyl (C=O) groups is 1. The second-order valence-corrected chi connectivity index (χ2v) is 7.48. The number of aromatic nitrogens is 2. The monoisotopic (exact) mass is 429 g/mol. The van der Waals surface area contributed by atoms with Gasteiger partial charge in [-0.25, -0.2) is 0 Å². The van der Waals surface area contributed by atoms with Crippen LogP contribution in [0.3, 0.4) is 0 Å². The highest BCUT2D eigenvalue weighted by Crippen LogP contribution is 2.13. The SMILES string of the molecule is C=CCn1c(=O)c(=O)n(Cc2ccc(C(=O)NCc3ccc(C)o3)cc2)c2ccccc21. The van der Waals surface area contributed by atoms with Gasteiger partial charge in [-0.1, -0.05) is 30.3 Å². The molecule has 0 aliphatic heterocycles. The average molecular weight is 429 g/mol. The van der Waals surface area contributed by atoms with Gasteiger partial charge in [0, 0.05) is 12.1 Å². The summed E-state index contributed by atoms with van der Waals surface area (Å²) < 4.78 is 8.34. The molecule has 2 aromatic carbocycles. The number of nitrogens with zero attached hydrogens (tertiary/aromatic N) is 2. The van der Waals surface area contributed by atoms with Crippen molar-refractivity contribution < 1.29 is 9.21 Å². The first kappa shape index (κ1) is 21.1. The zero-order chi connectivity index (χ0) is 22.7. The summed E-state index contributed by atoms with van der Waals surface area (Å²) >= 11 is 0. The number of benzene rings is 2. The number of carbonyl (C=O) groups excluding carboxylic acids is 1. The topological polar surface area (TPSA) is 86.2 Å². The maximum atomic E-state index is 12.8. The van der Waals surface area contributed by atoms with Crippen LogP contribution in [-0.2, 0) is 19.6 Å². The van der Waals surface area contributed by atoms with Gasteiger partial charge in [0.25, 0.3) is 5.91 Å². The van der Waals surface area contributed by atoms with Crippen molar-refractivity contribution in [3.8, 4) is 0 Å². The maximum Gasteiger partial charge on any atom is 0.317 e. The van der Waals surface area contributed by atoms with E-state index in [4.69, 9.17) is 4.42 Å². The lowest BCUT2D eigenvalue weighted by molar-refractivity contribution is 0.0948. The fourth-order valence-electron chi connectivity index (χ4n) is 3.63. The predicted octanol–water partition coefficient (Wildman–Crippen LogP) is 3.23. The number of allylic oxidation sites excluding steroid dienone is 1. The summed E-state index contributed by atoms with van der Waals surface area (Å²) in [6.45, 7) is 6.30. The molecule has 0 saturated carbocycles. The molecule has 1 N–H and O–H groups in total. The summed E-state index contributed by atoms with van der Waals surface area (Å²) in [6.07, 6.45) is 1.59. The number of furan rings is 1. The Morgan fingerprint density at radius 3 is 2.25 bits per heavy atom. The molecule has 2 heterocycles. The van der Waals surface area contributed by atoms with Crippen molar-refractivity contribution in [3.05, 3.63) is 117 Å². The van der Waals surface area contributed by atoms with Crippen LogP contribution in [0.25, 0.3) is 11.0 Å². The Balaban J connectivity index is 1.57. The molecule has 0 spiro atoms. The summed E-state index contributed by atoms with van der Waals surface area (Å²) in [6, 6.07) is 17.9. The molecule has 0 radical (unpaired) electrons. The molecule has 162 valence electrons. The van der Waals surface area contributed by atoms with E-state index in [1.54, 1.807) is 30.3 Å². The van der Waals surface area contributed by atoms with Crippen LogP contribution in [0.2, 0.25) is 0 Å².